The zero-order valence-corrected chi connectivity index (χ0v) is 29.2. The molecule has 0 amide bonds. The molecule has 0 radical (unpaired) electrons. The maximum atomic E-state index is 6.53. The van der Waals surface area contributed by atoms with Gasteiger partial charge in [-0.1, -0.05) is 95.2 Å². The van der Waals surface area contributed by atoms with Crippen molar-refractivity contribution in [3.63, 3.8) is 0 Å². The van der Waals surface area contributed by atoms with Crippen LogP contribution in [0.2, 0.25) is 0 Å². The third-order valence-corrected chi connectivity index (χ3v) is 11.4. The summed E-state index contributed by atoms with van der Waals surface area (Å²) in [4.78, 5) is 14.8. The fourth-order valence-corrected chi connectivity index (χ4v) is 6.09. The lowest BCUT2D eigenvalue weighted by molar-refractivity contribution is 0.482. The van der Waals surface area contributed by atoms with Crippen LogP contribution < -0.4 is 4.31 Å². The van der Waals surface area contributed by atoms with Crippen molar-refractivity contribution in [3.8, 4) is 0 Å². The topological polar surface area (TPSA) is 67.7 Å². The zero-order valence-electron chi connectivity index (χ0n) is 28.4. The fraction of sp³-hybridized carbons (Fsp3) is 0.583. The largest absolute Gasteiger partial charge is 0.434 e. The maximum absolute atomic E-state index is 6.53. The van der Waals surface area contributed by atoms with Crippen LogP contribution in [0.25, 0.3) is 22.2 Å². The number of hydrogen-bond acceptors (Lipinski definition) is 7. The summed E-state index contributed by atoms with van der Waals surface area (Å²) in [7, 11) is 0. The Morgan fingerprint density at radius 2 is 1.12 bits per heavy atom. The first-order valence-electron chi connectivity index (χ1n) is 16.0. The van der Waals surface area contributed by atoms with Gasteiger partial charge in [0.2, 0.25) is 0 Å². The second-order valence-electron chi connectivity index (χ2n) is 14.8. The number of nitrogens with zero attached hydrogens (tertiary/aromatic N) is 4. The van der Waals surface area contributed by atoms with Gasteiger partial charge in [-0.25, -0.2) is 14.3 Å². The monoisotopic (exact) mass is 602 g/mol. The van der Waals surface area contributed by atoms with E-state index in [1.165, 1.54) is 34.2 Å². The van der Waals surface area contributed by atoms with Crippen LogP contribution >= 0.6 is 11.9 Å². The molecule has 0 spiro atoms. The molecule has 3 heterocycles. The molecule has 5 rings (SSSR count). The molecule has 2 aromatic heterocycles. The molecule has 232 valence electrons. The highest BCUT2D eigenvalue weighted by molar-refractivity contribution is 8.15. The highest BCUT2D eigenvalue weighted by Gasteiger charge is 2.33. The van der Waals surface area contributed by atoms with E-state index in [2.05, 4.69) is 107 Å². The molecule has 6 nitrogen and oxygen atoms in total. The highest BCUT2D eigenvalue weighted by Crippen LogP contribution is 2.42. The second-order valence-corrected chi connectivity index (χ2v) is 15.8. The van der Waals surface area contributed by atoms with Crippen molar-refractivity contribution in [2.45, 2.75) is 130 Å². The summed E-state index contributed by atoms with van der Waals surface area (Å²) < 4.78 is 15.0. The molecule has 4 aromatic rings. The Morgan fingerprint density at radius 3 is 1.60 bits per heavy atom. The number of fused-ring (bicyclic) bond motifs is 2. The van der Waals surface area contributed by atoms with Gasteiger partial charge < -0.3 is 8.83 Å². The average molecular weight is 603 g/mol. The first-order chi connectivity index (χ1) is 20.1. The van der Waals surface area contributed by atoms with Gasteiger partial charge in [-0.2, -0.15) is 4.98 Å². The molecule has 0 bridgehead atoms. The number of aliphatic imine (C=N–C) groups is 1. The quantitative estimate of drug-likeness (QED) is 0.168. The minimum atomic E-state index is -0.0427. The van der Waals surface area contributed by atoms with Crippen LogP contribution in [0.4, 0.5) is 6.01 Å². The molecule has 0 N–H and O–H groups in total. The molecule has 2 aromatic carbocycles. The Bertz CT molecular complexity index is 1690. The highest BCUT2D eigenvalue weighted by atomic mass is 32.2. The van der Waals surface area contributed by atoms with Gasteiger partial charge in [0, 0.05) is 23.1 Å². The van der Waals surface area contributed by atoms with Crippen molar-refractivity contribution in [2.75, 3.05) is 11.0 Å². The van der Waals surface area contributed by atoms with Gasteiger partial charge in [-0.05, 0) is 70.6 Å². The summed E-state index contributed by atoms with van der Waals surface area (Å²) in [5.41, 5.74) is 8.55. The van der Waals surface area contributed by atoms with Crippen molar-refractivity contribution in [1.29, 1.82) is 0 Å². The third-order valence-electron chi connectivity index (χ3n) is 10.5. The number of aromatic nitrogens is 2. The zero-order chi connectivity index (χ0) is 31.5. The van der Waals surface area contributed by atoms with E-state index < -0.39 is 0 Å². The predicted octanol–water partition coefficient (Wildman–Crippen LogP) is 10.6. The summed E-state index contributed by atoms with van der Waals surface area (Å²) in [6, 6.07) is 9.64. The first-order valence-corrected chi connectivity index (χ1v) is 16.8. The number of anilines is 1. The van der Waals surface area contributed by atoms with Crippen LogP contribution in [0, 0.1) is 0 Å². The molecular formula is C36H50N4O2S. The molecule has 1 aliphatic heterocycles. The molecule has 0 aliphatic carbocycles. The van der Waals surface area contributed by atoms with Crippen molar-refractivity contribution >= 4 is 45.2 Å². The summed E-state index contributed by atoms with van der Waals surface area (Å²) in [5.74, 6) is 0.554. The van der Waals surface area contributed by atoms with E-state index in [-0.39, 0.29) is 21.7 Å². The molecule has 1 aliphatic rings. The van der Waals surface area contributed by atoms with E-state index in [1.807, 2.05) is 4.31 Å². The third kappa shape index (κ3) is 5.63. The molecular weight excluding hydrogens is 552 g/mol. The van der Waals surface area contributed by atoms with Gasteiger partial charge in [0.05, 0.1) is 0 Å². The van der Waals surface area contributed by atoms with Crippen LogP contribution in [-0.2, 0) is 21.7 Å². The number of oxazole rings is 2. The number of benzene rings is 2. The lowest BCUT2D eigenvalue weighted by Gasteiger charge is -2.28. The number of rotatable bonds is 10. The van der Waals surface area contributed by atoms with Gasteiger partial charge in [-0.3, -0.25) is 0 Å². The van der Waals surface area contributed by atoms with E-state index >= 15 is 0 Å². The van der Waals surface area contributed by atoms with E-state index in [9.17, 15) is 0 Å². The van der Waals surface area contributed by atoms with Gasteiger partial charge >= 0.3 is 6.01 Å². The molecule has 0 atom stereocenters. The minimum absolute atomic E-state index is 0.0396. The Hall–Kier alpha value is -2.80. The fourth-order valence-electron chi connectivity index (χ4n) is 5.32. The Kier molecular flexibility index (Phi) is 8.07. The summed E-state index contributed by atoms with van der Waals surface area (Å²) in [6.45, 7) is 27.7. The Labute approximate surface area is 262 Å². The normalized spacial score (nSPS) is 15.3. The van der Waals surface area contributed by atoms with Gasteiger partial charge in [0.15, 0.2) is 16.2 Å². The standard InChI is InChI=1S/C36H50N4O2S/c1-13-33(5,6)22-17-24(35(9,10)15-3)28-26(19-22)38-30(41-28)31-37-21-40(43-31)32-39-27-20-23(34(7,8)14-2)18-25(29(27)42-32)36(11,12)16-4/h17-20H,13-16,21H2,1-12H3. The van der Waals surface area contributed by atoms with Crippen LogP contribution in [0.3, 0.4) is 0 Å². The summed E-state index contributed by atoms with van der Waals surface area (Å²) >= 11 is 1.48. The molecule has 43 heavy (non-hydrogen) atoms. The maximum Gasteiger partial charge on any atom is 0.310 e. The smallest absolute Gasteiger partial charge is 0.310 e. The molecule has 0 saturated carbocycles. The summed E-state index contributed by atoms with van der Waals surface area (Å²) in [6.07, 6.45) is 4.11. The summed E-state index contributed by atoms with van der Waals surface area (Å²) in [5, 5.41) is 0.747. The van der Waals surface area contributed by atoms with Gasteiger partial charge in [-0.15, -0.1) is 0 Å². The van der Waals surface area contributed by atoms with Crippen molar-refractivity contribution < 1.29 is 8.83 Å². The molecule has 0 fully saturated rings. The van der Waals surface area contributed by atoms with Crippen molar-refractivity contribution in [1.82, 2.24) is 9.97 Å². The average Bonchev–Trinajstić information content (AvgIpc) is 3.73. The SMILES string of the molecule is CCC(C)(C)c1cc(C(C)(C)CC)c2oc(C3=NCN(c4nc5cc(C(C)(C)CC)cc(C(C)(C)CC)c5o4)S3)nc2c1. The van der Waals surface area contributed by atoms with Crippen LogP contribution in [-0.4, -0.2) is 21.7 Å². The van der Waals surface area contributed by atoms with E-state index in [1.54, 1.807) is 0 Å². The van der Waals surface area contributed by atoms with E-state index in [0.29, 0.717) is 18.6 Å². The molecule has 7 heteroatoms. The van der Waals surface area contributed by atoms with E-state index in [4.69, 9.17) is 23.8 Å². The minimum Gasteiger partial charge on any atom is -0.434 e. The molecule has 0 unspecified atom stereocenters. The lowest BCUT2D eigenvalue weighted by atomic mass is 9.76. The van der Waals surface area contributed by atoms with Crippen LogP contribution in [0.1, 0.15) is 137 Å². The van der Waals surface area contributed by atoms with Crippen LogP contribution in [0.15, 0.2) is 38.1 Å². The number of hydrogen-bond donors (Lipinski definition) is 0. The van der Waals surface area contributed by atoms with Crippen molar-refractivity contribution in [3.05, 3.63) is 52.4 Å². The first kappa shape index (κ1) is 31.6. The Balaban J connectivity index is 1.52. The molecule has 0 saturated heterocycles. The van der Waals surface area contributed by atoms with Crippen LogP contribution in [0.5, 0.6) is 0 Å². The van der Waals surface area contributed by atoms with Gasteiger partial charge in [0.1, 0.15) is 17.7 Å². The van der Waals surface area contributed by atoms with E-state index in [0.717, 1.165) is 52.9 Å². The van der Waals surface area contributed by atoms with Crippen molar-refractivity contribution in [2.24, 2.45) is 4.99 Å². The van der Waals surface area contributed by atoms with Gasteiger partial charge in [0.25, 0.3) is 5.89 Å². The predicted molar refractivity (Wildman–Crippen MR) is 183 cm³/mol. The second kappa shape index (κ2) is 11.0. The Morgan fingerprint density at radius 1 is 0.651 bits per heavy atom. The lowest BCUT2D eigenvalue weighted by Crippen LogP contribution is -2.20.